The first kappa shape index (κ1) is 26.7. The zero-order valence-corrected chi connectivity index (χ0v) is 23.4. The molecule has 3 heterocycles. The Morgan fingerprint density at radius 2 is 1.84 bits per heavy atom. The number of esters is 1. The molecule has 1 aromatic carbocycles. The summed E-state index contributed by atoms with van der Waals surface area (Å²) < 4.78 is 13.2. The minimum Gasteiger partial charge on any atom is -0.457 e. The van der Waals surface area contributed by atoms with Crippen molar-refractivity contribution in [2.75, 3.05) is 0 Å². The minimum atomic E-state index is -1.23. The highest BCUT2D eigenvalue weighted by atomic mass is 32.1. The summed E-state index contributed by atoms with van der Waals surface area (Å²) in [5, 5.41) is 23.0. The number of hydrogen-bond acceptors (Lipinski definition) is 8. The summed E-state index contributed by atoms with van der Waals surface area (Å²) in [5.74, 6) is -0.704. The van der Waals surface area contributed by atoms with E-state index in [1.54, 1.807) is 32.1 Å². The van der Waals surface area contributed by atoms with Crippen molar-refractivity contribution in [3.63, 3.8) is 0 Å². The van der Waals surface area contributed by atoms with Crippen LogP contribution in [0, 0.1) is 36.0 Å². The molecule has 8 heteroatoms. The second-order valence-electron chi connectivity index (χ2n) is 12.4. The quantitative estimate of drug-likeness (QED) is 0.405. The van der Waals surface area contributed by atoms with Gasteiger partial charge in [0, 0.05) is 12.3 Å². The first-order chi connectivity index (χ1) is 17.3. The van der Waals surface area contributed by atoms with Crippen molar-refractivity contribution in [3.8, 4) is 0 Å². The predicted octanol–water partition coefficient (Wildman–Crippen LogP) is 4.76. The van der Waals surface area contributed by atoms with Crippen molar-refractivity contribution in [1.82, 2.24) is 4.98 Å². The molecule has 2 aliphatic heterocycles. The van der Waals surface area contributed by atoms with Crippen molar-refractivity contribution in [3.05, 3.63) is 28.8 Å². The lowest BCUT2D eigenvalue weighted by Crippen LogP contribution is -2.46. The van der Waals surface area contributed by atoms with Gasteiger partial charge in [0.05, 0.1) is 51.0 Å². The maximum atomic E-state index is 13.4. The number of ketones is 1. The third-order valence-corrected chi connectivity index (χ3v) is 10.2. The van der Waals surface area contributed by atoms with E-state index in [0.29, 0.717) is 18.3 Å². The fraction of sp³-hybridized carbons (Fsp3) is 0.690. The van der Waals surface area contributed by atoms with Gasteiger partial charge in [-0.1, -0.05) is 33.8 Å². The molecular weight excluding hydrogens is 490 g/mol. The Kier molecular flexibility index (Phi) is 6.79. The van der Waals surface area contributed by atoms with Crippen molar-refractivity contribution < 1.29 is 29.3 Å². The number of cyclic esters (lactones) is 1. The Bertz CT molecular complexity index is 1210. The lowest BCUT2D eigenvalue weighted by Gasteiger charge is -2.34. The van der Waals surface area contributed by atoms with Crippen LogP contribution in [0.4, 0.5) is 0 Å². The standard InChI is InChI=1S/C29H39NO6S/c1-14-19-9-18(19)13-29(6)24(36-29)11-21(17-7-8-22-20(10-17)30-16(3)37-22)35-25(32)12-23(31)28(4,5)27(34)15(2)26(14)33/h7-8,10,14-15,18-19,21,23-24,26,31,33H,9,11-13H2,1-6H3/t14-,15+,18?,19?,21+,23-,24?,26-,29?/m0/s1. The molecule has 9 atom stereocenters. The number of hydrogen-bond donors (Lipinski definition) is 2. The van der Waals surface area contributed by atoms with E-state index in [9.17, 15) is 19.8 Å². The van der Waals surface area contributed by atoms with Gasteiger partial charge >= 0.3 is 5.97 Å². The van der Waals surface area contributed by atoms with Crippen LogP contribution < -0.4 is 0 Å². The Labute approximate surface area is 222 Å². The lowest BCUT2D eigenvalue weighted by atomic mass is 9.72. The van der Waals surface area contributed by atoms with Crippen molar-refractivity contribution in [1.29, 1.82) is 0 Å². The maximum absolute atomic E-state index is 13.4. The SMILES string of the molecule is Cc1nc2cc([C@H]3CC4OC4(C)CC4CC4[C@H](C)[C@H](O)[C@@H](C)C(=O)C(C)(C)[C@@H](O)CC(=O)O3)ccc2s1. The van der Waals surface area contributed by atoms with E-state index in [1.807, 2.05) is 32.0 Å². The Balaban J connectivity index is 1.44. The summed E-state index contributed by atoms with van der Waals surface area (Å²) in [6, 6.07) is 5.95. The van der Waals surface area contributed by atoms with Gasteiger partial charge in [-0.05, 0) is 62.1 Å². The van der Waals surface area contributed by atoms with Crippen LogP contribution in [0.2, 0.25) is 0 Å². The molecule has 2 saturated heterocycles. The van der Waals surface area contributed by atoms with Crippen molar-refractivity contribution in [2.24, 2.45) is 29.1 Å². The number of aliphatic hydroxyl groups is 2. The number of fused-ring (bicyclic) bond motifs is 3. The van der Waals surface area contributed by atoms with Crippen LogP contribution in [-0.2, 0) is 19.1 Å². The van der Waals surface area contributed by atoms with Crippen molar-refractivity contribution in [2.45, 2.75) is 97.2 Å². The average Bonchev–Trinajstić information content (AvgIpc) is 3.69. The van der Waals surface area contributed by atoms with Crippen LogP contribution >= 0.6 is 11.3 Å². The normalized spacial score (nSPS) is 40.5. The van der Waals surface area contributed by atoms with Crippen LogP contribution in [-0.4, -0.2) is 50.9 Å². The molecule has 3 fully saturated rings. The molecule has 1 aliphatic carbocycles. The van der Waals surface area contributed by atoms with E-state index >= 15 is 0 Å². The highest BCUT2D eigenvalue weighted by Gasteiger charge is 2.58. The van der Waals surface area contributed by atoms with E-state index in [4.69, 9.17) is 9.47 Å². The van der Waals surface area contributed by atoms with Gasteiger partial charge in [-0.3, -0.25) is 9.59 Å². The molecule has 202 valence electrons. The topological polar surface area (TPSA) is 109 Å². The number of carbonyl (C=O) groups excluding carboxylic acids is 2. The van der Waals surface area contributed by atoms with Gasteiger partial charge in [0.15, 0.2) is 0 Å². The Morgan fingerprint density at radius 3 is 2.57 bits per heavy atom. The van der Waals surface area contributed by atoms with E-state index < -0.39 is 35.6 Å². The molecule has 2 N–H and O–H groups in total. The number of Topliss-reactive ketones (excluding diaryl/α,β-unsaturated/α-hetero) is 1. The van der Waals surface area contributed by atoms with Gasteiger partial charge in [0.1, 0.15) is 11.9 Å². The second kappa shape index (κ2) is 9.40. The first-order valence-corrected chi connectivity index (χ1v) is 14.3. The first-order valence-electron chi connectivity index (χ1n) is 13.4. The summed E-state index contributed by atoms with van der Waals surface area (Å²) in [5.41, 5.74) is 0.223. The van der Waals surface area contributed by atoms with Crippen LogP contribution in [0.5, 0.6) is 0 Å². The molecule has 2 aromatic rings. The Hall–Kier alpha value is -1.87. The summed E-state index contributed by atoms with van der Waals surface area (Å²) in [6.45, 7) is 11.1. The fourth-order valence-electron chi connectivity index (χ4n) is 6.38. The molecule has 0 radical (unpaired) electrons. The van der Waals surface area contributed by atoms with Crippen LogP contribution in [0.3, 0.4) is 0 Å². The van der Waals surface area contributed by atoms with Crippen LogP contribution in [0.15, 0.2) is 18.2 Å². The summed E-state index contributed by atoms with van der Waals surface area (Å²) in [4.78, 5) is 31.1. The summed E-state index contributed by atoms with van der Waals surface area (Å²) >= 11 is 1.62. The van der Waals surface area contributed by atoms with E-state index in [2.05, 4.69) is 11.9 Å². The van der Waals surface area contributed by atoms with E-state index in [1.165, 1.54) is 0 Å². The number of nitrogens with zero attached hydrogens (tertiary/aromatic N) is 1. The predicted molar refractivity (Wildman–Crippen MR) is 141 cm³/mol. The van der Waals surface area contributed by atoms with Crippen LogP contribution in [0.25, 0.3) is 10.2 Å². The van der Waals surface area contributed by atoms with E-state index in [-0.39, 0.29) is 29.8 Å². The molecule has 0 amide bonds. The van der Waals surface area contributed by atoms with Crippen molar-refractivity contribution >= 4 is 33.3 Å². The molecule has 37 heavy (non-hydrogen) atoms. The summed E-state index contributed by atoms with van der Waals surface area (Å²) in [7, 11) is 0. The van der Waals surface area contributed by atoms with Gasteiger partial charge < -0.3 is 19.7 Å². The van der Waals surface area contributed by atoms with Gasteiger partial charge in [-0.15, -0.1) is 11.3 Å². The molecule has 4 unspecified atom stereocenters. The minimum absolute atomic E-state index is 0.0309. The zero-order chi connectivity index (χ0) is 26.9. The number of ether oxygens (including phenoxy) is 2. The third kappa shape index (κ3) is 5.10. The molecule has 1 aromatic heterocycles. The van der Waals surface area contributed by atoms with Gasteiger partial charge in [-0.25, -0.2) is 4.98 Å². The Morgan fingerprint density at radius 1 is 1.11 bits per heavy atom. The molecular formula is C29H39NO6S. The smallest absolute Gasteiger partial charge is 0.309 e. The number of epoxide rings is 1. The highest BCUT2D eigenvalue weighted by molar-refractivity contribution is 7.18. The van der Waals surface area contributed by atoms with Crippen LogP contribution in [0.1, 0.15) is 77.0 Å². The molecule has 5 rings (SSSR count). The van der Waals surface area contributed by atoms with Gasteiger partial charge in [0.2, 0.25) is 0 Å². The molecule has 0 bridgehead atoms. The fourth-order valence-corrected chi connectivity index (χ4v) is 7.19. The molecule has 0 spiro atoms. The molecule has 3 aliphatic rings. The van der Waals surface area contributed by atoms with Gasteiger partial charge in [-0.2, -0.15) is 0 Å². The number of rotatable bonds is 1. The lowest BCUT2D eigenvalue weighted by molar-refractivity contribution is -0.156. The molecule has 1 saturated carbocycles. The molecule has 7 nitrogen and oxygen atoms in total. The van der Waals surface area contributed by atoms with E-state index in [0.717, 1.165) is 33.6 Å². The second-order valence-corrected chi connectivity index (χ2v) is 13.6. The number of thiazole rings is 1. The largest absolute Gasteiger partial charge is 0.457 e. The zero-order valence-electron chi connectivity index (χ0n) is 22.6. The van der Waals surface area contributed by atoms with Gasteiger partial charge in [0.25, 0.3) is 0 Å². The number of benzene rings is 1. The number of aromatic nitrogens is 1. The maximum Gasteiger partial charge on any atom is 0.309 e. The summed E-state index contributed by atoms with van der Waals surface area (Å²) in [6.07, 6.45) is -0.515. The number of aliphatic hydroxyl groups excluding tert-OH is 2. The monoisotopic (exact) mass is 529 g/mol. The third-order valence-electron chi connectivity index (χ3n) is 9.24. The average molecular weight is 530 g/mol. The number of carbonyl (C=O) groups is 2. The highest BCUT2D eigenvalue weighted by Crippen LogP contribution is 2.56. The number of aryl methyl sites for hydroxylation is 1.